The molecule has 0 spiro atoms. The SMILES string of the molecule is CC(C)CC(NC(=O)[C@@H]1CC(C)(C)CN1C(=O)[C@@H](NC(=O)OC(C)C)C(C)(C)C)C(=O)C(=O)NCC(=O)N[C@H](C(=O)N(C)C)c1ccccc1. The van der Waals surface area contributed by atoms with Crippen molar-refractivity contribution in [1.82, 2.24) is 31.1 Å². The van der Waals surface area contributed by atoms with Gasteiger partial charge in [-0.3, -0.25) is 28.8 Å². The summed E-state index contributed by atoms with van der Waals surface area (Å²) in [7, 11) is 3.11. The molecule has 14 heteroatoms. The number of nitrogens with one attached hydrogen (secondary N) is 4. The fraction of sp³-hybridized carbons (Fsp3) is 0.639. The van der Waals surface area contributed by atoms with E-state index in [4.69, 9.17) is 4.74 Å². The Balaban J connectivity index is 2.21. The Bertz CT molecular complexity index is 1400. The number of nitrogens with zero attached hydrogens (tertiary/aromatic N) is 2. The van der Waals surface area contributed by atoms with Crippen LogP contribution in [-0.2, 0) is 33.5 Å². The van der Waals surface area contributed by atoms with E-state index in [0.29, 0.717) is 5.56 Å². The lowest BCUT2D eigenvalue weighted by Crippen LogP contribution is -2.59. The molecule has 4 N–H and O–H groups in total. The van der Waals surface area contributed by atoms with E-state index >= 15 is 0 Å². The van der Waals surface area contributed by atoms with E-state index in [1.54, 1.807) is 79.0 Å². The highest BCUT2D eigenvalue weighted by molar-refractivity contribution is 6.38. The maximum Gasteiger partial charge on any atom is 0.408 e. The molecule has 0 bridgehead atoms. The molecule has 4 atom stereocenters. The molecular weight excluding hydrogens is 644 g/mol. The van der Waals surface area contributed by atoms with Crippen molar-refractivity contribution >= 4 is 41.4 Å². The van der Waals surface area contributed by atoms with Gasteiger partial charge in [0.15, 0.2) is 0 Å². The molecule has 0 radical (unpaired) electrons. The summed E-state index contributed by atoms with van der Waals surface area (Å²) in [6.07, 6.45) is -0.763. The first-order chi connectivity index (χ1) is 23.0. The molecular formula is C36H56N6O8. The van der Waals surface area contributed by atoms with Crippen LogP contribution in [0.2, 0.25) is 0 Å². The number of Topliss-reactive ketones (excluding diaryl/α,β-unsaturated/α-hetero) is 1. The average Bonchev–Trinajstić information content (AvgIpc) is 3.34. The molecule has 1 aromatic rings. The van der Waals surface area contributed by atoms with Gasteiger partial charge in [-0.1, -0.05) is 78.8 Å². The van der Waals surface area contributed by atoms with Crippen LogP contribution in [0.1, 0.15) is 86.8 Å². The van der Waals surface area contributed by atoms with Gasteiger partial charge in [-0.05, 0) is 49.0 Å². The van der Waals surface area contributed by atoms with Crippen molar-refractivity contribution in [3.05, 3.63) is 35.9 Å². The monoisotopic (exact) mass is 700 g/mol. The Morgan fingerprint density at radius 1 is 0.940 bits per heavy atom. The number of carbonyl (C=O) groups excluding carboxylic acids is 7. The largest absolute Gasteiger partial charge is 0.447 e. The number of carbonyl (C=O) groups is 7. The predicted octanol–water partition coefficient (Wildman–Crippen LogP) is 2.32. The molecule has 1 aliphatic heterocycles. The zero-order valence-corrected chi connectivity index (χ0v) is 31.3. The van der Waals surface area contributed by atoms with E-state index in [1.165, 1.54) is 9.80 Å². The summed E-state index contributed by atoms with van der Waals surface area (Å²) in [4.78, 5) is 95.2. The van der Waals surface area contributed by atoms with Crippen LogP contribution in [0.5, 0.6) is 0 Å². The van der Waals surface area contributed by atoms with Gasteiger partial charge in [-0.25, -0.2) is 4.79 Å². The number of alkyl carbamates (subject to hydrolysis) is 1. The number of ketones is 1. The first kappa shape index (κ1) is 41.7. The van der Waals surface area contributed by atoms with E-state index < -0.39 is 83.2 Å². The second kappa shape index (κ2) is 17.4. The summed E-state index contributed by atoms with van der Waals surface area (Å²) in [5, 5.41) is 10.3. The van der Waals surface area contributed by atoms with Crippen LogP contribution in [-0.4, -0.2) is 103 Å². The highest BCUT2D eigenvalue weighted by Gasteiger charge is 2.48. The number of hydrogen-bond donors (Lipinski definition) is 4. The molecule has 1 heterocycles. The van der Waals surface area contributed by atoms with E-state index in [-0.39, 0.29) is 31.2 Å². The Morgan fingerprint density at radius 3 is 2.06 bits per heavy atom. The van der Waals surface area contributed by atoms with Crippen LogP contribution in [0.15, 0.2) is 30.3 Å². The van der Waals surface area contributed by atoms with Gasteiger partial charge in [-0.15, -0.1) is 0 Å². The van der Waals surface area contributed by atoms with Gasteiger partial charge in [0.05, 0.1) is 18.7 Å². The number of benzene rings is 1. The van der Waals surface area contributed by atoms with E-state index in [9.17, 15) is 33.6 Å². The van der Waals surface area contributed by atoms with Gasteiger partial charge in [0.1, 0.15) is 18.1 Å². The van der Waals surface area contributed by atoms with Gasteiger partial charge in [-0.2, -0.15) is 0 Å². The molecule has 1 saturated heterocycles. The lowest BCUT2D eigenvalue weighted by molar-refractivity contribution is -0.144. The molecule has 50 heavy (non-hydrogen) atoms. The van der Waals surface area contributed by atoms with Crippen LogP contribution in [0, 0.1) is 16.7 Å². The lowest BCUT2D eigenvalue weighted by atomic mass is 9.85. The Hall–Kier alpha value is -4.49. The number of likely N-dealkylation sites (tertiary alicyclic amines) is 1. The number of amides is 6. The van der Waals surface area contributed by atoms with Gasteiger partial charge in [0, 0.05) is 20.6 Å². The zero-order chi connectivity index (χ0) is 38.1. The summed E-state index contributed by atoms with van der Waals surface area (Å²) < 4.78 is 5.22. The zero-order valence-electron chi connectivity index (χ0n) is 31.3. The summed E-state index contributed by atoms with van der Waals surface area (Å²) in [6, 6.07) is 4.37. The molecule has 0 aromatic heterocycles. The van der Waals surface area contributed by atoms with Crippen molar-refractivity contribution < 1.29 is 38.3 Å². The topological polar surface area (TPSA) is 183 Å². The van der Waals surface area contributed by atoms with E-state index in [2.05, 4.69) is 21.3 Å². The Labute approximate surface area is 295 Å². The maximum absolute atomic E-state index is 14.0. The van der Waals surface area contributed by atoms with Crippen LogP contribution in [0.3, 0.4) is 0 Å². The molecule has 2 rings (SSSR count). The second-order valence-corrected chi connectivity index (χ2v) is 15.6. The Kier molecular flexibility index (Phi) is 14.5. The third-order valence-corrected chi connectivity index (χ3v) is 8.12. The van der Waals surface area contributed by atoms with Crippen molar-refractivity contribution in [3.8, 4) is 0 Å². The minimum Gasteiger partial charge on any atom is -0.447 e. The van der Waals surface area contributed by atoms with Gasteiger partial charge in [0.2, 0.25) is 29.4 Å². The third-order valence-electron chi connectivity index (χ3n) is 8.12. The van der Waals surface area contributed by atoms with E-state index in [0.717, 1.165) is 0 Å². The van der Waals surface area contributed by atoms with Crippen molar-refractivity contribution in [2.75, 3.05) is 27.2 Å². The molecule has 1 aromatic carbocycles. The van der Waals surface area contributed by atoms with Crippen LogP contribution >= 0.6 is 0 Å². The average molecular weight is 701 g/mol. The fourth-order valence-electron chi connectivity index (χ4n) is 5.70. The van der Waals surface area contributed by atoms with Gasteiger partial charge >= 0.3 is 6.09 Å². The fourth-order valence-corrected chi connectivity index (χ4v) is 5.70. The number of hydrogen-bond acceptors (Lipinski definition) is 8. The normalized spacial score (nSPS) is 17.3. The smallest absolute Gasteiger partial charge is 0.408 e. The minimum atomic E-state index is -1.24. The molecule has 6 amide bonds. The number of ether oxygens (including phenoxy) is 1. The number of rotatable bonds is 14. The Morgan fingerprint density at radius 2 is 1.54 bits per heavy atom. The van der Waals surface area contributed by atoms with Crippen molar-refractivity contribution in [1.29, 1.82) is 0 Å². The van der Waals surface area contributed by atoms with Crippen LogP contribution in [0.4, 0.5) is 4.79 Å². The minimum absolute atomic E-state index is 0.108. The highest BCUT2D eigenvalue weighted by atomic mass is 16.6. The molecule has 1 fully saturated rings. The third kappa shape index (κ3) is 12.1. The molecule has 14 nitrogen and oxygen atoms in total. The molecule has 1 aliphatic rings. The summed E-state index contributed by atoms with van der Waals surface area (Å²) in [5.41, 5.74) is -0.654. The summed E-state index contributed by atoms with van der Waals surface area (Å²) in [5.74, 6) is -4.30. The molecule has 0 saturated carbocycles. The van der Waals surface area contributed by atoms with Crippen molar-refractivity contribution in [2.24, 2.45) is 16.7 Å². The quantitative estimate of drug-likeness (QED) is 0.213. The first-order valence-corrected chi connectivity index (χ1v) is 17.0. The van der Waals surface area contributed by atoms with Crippen molar-refractivity contribution in [3.63, 3.8) is 0 Å². The van der Waals surface area contributed by atoms with Crippen molar-refractivity contribution in [2.45, 2.75) is 105 Å². The summed E-state index contributed by atoms with van der Waals surface area (Å²) in [6.45, 7) is 15.9. The predicted molar refractivity (Wildman–Crippen MR) is 187 cm³/mol. The first-order valence-electron chi connectivity index (χ1n) is 17.0. The van der Waals surface area contributed by atoms with Crippen LogP contribution < -0.4 is 21.3 Å². The lowest BCUT2D eigenvalue weighted by Gasteiger charge is -2.35. The standard InChI is InChI=1S/C36H56N6O8/c1-21(2)17-24(28(44)31(46)37-19-26(43)39-27(32(47)41(10)11)23-15-13-12-14-16-23)38-30(45)25-18-36(8,9)20-42(25)33(48)29(35(5,6)7)40-34(49)50-22(3)4/h12-16,21-22,24-25,27,29H,17-20H2,1-11H3,(H,37,46)(H,38,45)(H,39,43)(H,40,49)/t24?,25-,27-,29+/m0/s1. The maximum atomic E-state index is 14.0. The highest BCUT2D eigenvalue weighted by Crippen LogP contribution is 2.36. The summed E-state index contributed by atoms with van der Waals surface area (Å²) >= 11 is 0. The van der Waals surface area contributed by atoms with Gasteiger partial charge in [0.25, 0.3) is 5.91 Å². The molecule has 0 aliphatic carbocycles. The van der Waals surface area contributed by atoms with E-state index in [1.807, 2.05) is 27.7 Å². The molecule has 278 valence electrons. The second-order valence-electron chi connectivity index (χ2n) is 15.6. The molecule has 1 unspecified atom stereocenters. The van der Waals surface area contributed by atoms with Crippen LogP contribution in [0.25, 0.3) is 0 Å². The van der Waals surface area contributed by atoms with Gasteiger partial charge < -0.3 is 35.8 Å². The number of likely N-dealkylation sites (N-methyl/N-ethyl adjacent to an activating group) is 1.